The number of methoxy groups -OCH3 is 1. The Hall–Kier alpha value is -2.32. The second-order valence-corrected chi connectivity index (χ2v) is 11.8. The fraction of sp³-hybridized carbons (Fsp3) is 0.667. The molecule has 202 valence electrons. The largest absolute Gasteiger partial charge is 0.465 e. The maximum Gasteiger partial charge on any atom is 0.348 e. The van der Waals surface area contributed by atoms with E-state index in [2.05, 4.69) is 0 Å². The number of hydrogen-bond donors (Lipinski definition) is 0. The predicted octanol–water partition coefficient (Wildman–Crippen LogP) is 5.13. The number of carbonyl (C=O) groups is 3. The summed E-state index contributed by atoms with van der Waals surface area (Å²) in [5.74, 6) is -1.24. The van der Waals surface area contributed by atoms with Crippen LogP contribution in [0, 0.1) is 10.8 Å². The third-order valence-electron chi connectivity index (χ3n) is 6.47. The fourth-order valence-electron chi connectivity index (χ4n) is 3.87. The van der Waals surface area contributed by atoms with Crippen LogP contribution < -0.4 is 4.74 Å². The monoisotopic (exact) mass is 526 g/mol. The number of halogens is 1. The molecule has 1 aliphatic rings. The van der Waals surface area contributed by atoms with Crippen molar-refractivity contribution in [2.24, 2.45) is 10.8 Å². The molecule has 0 N–H and O–H groups in total. The molecule has 0 saturated carbocycles. The highest BCUT2D eigenvalue weighted by atomic mass is 35.5. The van der Waals surface area contributed by atoms with Crippen LogP contribution >= 0.6 is 11.6 Å². The SMILES string of the molecule is CCC(Cl)(CC(C)(C)C(=O)OC1C(=O)OCC1(C)C)C(=O)OC(C)(C)c1ccc(OC(C)OC)cc1. The van der Waals surface area contributed by atoms with Gasteiger partial charge in [0.1, 0.15) is 22.8 Å². The van der Waals surface area contributed by atoms with Crippen molar-refractivity contribution >= 4 is 29.5 Å². The van der Waals surface area contributed by atoms with Crippen LogP contribution in [0.5, 0.6) is 5.75 Å². The molecule has 1 heterocycles. The van der Waals surface area contributed by atoms with Gasteiger partial charge < -0.3 is 23.7 Å². The van der Waals surface area contributed by atoms with E-state index >= 15 is 0 Å². The summed E-state index contributed by atoms with van der Waals surface area (Å²) < 4.78 is 27.2. The highest BCUT2D eigenvalue weighted by Gasteiger charge is 2.51. The van der Waals surface area contributed by atoms with Gasteiger partial charge in [0.2, 0.25) is 6.10 Å². The molecule has 1 saturated heterocycles. The van der Waals surface area contributed by atoms with Crippen molar-refractivity contribution in [2.45, 2.75) is 91.1 Å². The highest BCUT2D eigenvalue weighted by Crippen LogP contribution is 2.41. The van der Waals surface area contributed by atoms with Gasteiger partial charge in [0.15, 0.2) is 6.29 Å². The first-order valence-corrected chi connectivity index (χ1v) is 12.5. The molecular formula is C27H39ClO8. The molecular weight excluding hydrogens is 488 g/mol. The lowest BCUT2D eigenvalue weighted by Crippen LogP contribution is -2.46. The summed E-state index contributed by atoms with van der Waals surface area (Å²) in [6.45, 7) is 14.1. The van der Waals surface area contributed by atoms with E-state index in [1.165, 1.54) is 0 Å². The normalized spacial score (nSPS) is 20.2. The molecule has 3 atom stereocenters. The van der Waals surface area contributed by atoms with E-state index in [9.17, 15) is 14.4 Å². The van der Waals surface area contributed by atoms with E-state index in [4.69, 9.17) is 35.3 Å². The molecule has 9 heteroatoms. The Kier molecular flexibility index (Phi) is 9.11. The van der Waals surface area contributed by atoms with Gasteiger partial charge in [0, 0.05) is 12.5 Å². The fourth-order valence-corrected chi connectivity index (χ4v) is 4.25. The van der Waals surface area contributed by atoms with Crippen LogP contribution in [0.2, 0.25) is 0 Å². The number of carbonyl (C=O) groups excluding carboxylic acids is 3. The molecule has 0 radical (unpaired) electrons. The van der Waals surface area contributed by atoms with Crippen molar-refractivity contribution in [3.8, 4) is 5.75 Å². The topological polar surface area (TPSA) is 97.4 Å². The molecule has 1 aliphatic heterocycles. The van der Waals surface area contributed by atoms with E-state index in [1.807, 2.05) is 0 Å². The lowest BCUT2D eigenvalue weighted by Gasteiger charge is -2.36. The molecule has 0 aliphatic carbocycles. The smallest absolute Gasteiger partial charge is 0.348 e. The Morgan fingerprint density at radius 3 is 2.19 bits per heavy atom. The summed E-state index contributed by atoms with van der Waals surface area (Å²) in [5, 5.41) is 0. The number of esters is 3. The summed E-state index contributed by atoms with van der Waals surface area (Å²) in [5.41, 5.74) is -2.07. The van der Waals surface area contributed by atoms with Crippen LogP contribution in [0.15, 0.2) is 24.3 Å². The first-order valence-electron chi connectivity index (χ1n) is 12.1. The lowest BCUT2D eigenvalue weighted by molar-refractivity contribution is -0.172. The Bertz CT molecular complexity index is 953. The maximum atomic E-state index is 13.3. The van der Waals surface area contributed by atoms with Crippen LogP contribution in [0.1, 0.15) is 73.8 Å². The molecule has 3 unspecified atom stereocenters. The van der Waals surface area contributed by atoms with E-state index in [1.54, 1.807) is 86.8 Å². The average Bonchev–Trinajstić information content (AvgIpc) is 3.05. The molecule has 0 spiro atoms. The van der Waals surface area contributed by atoms with Crippen molar-refractivity contribution < 1.29 is 38.1 Å². The maximum absolute atomic E-state index is 13.3. The van der Waals surface area contributed by atoms with Crippen molar-refractivity contribution in [1.29, 1.82) is 0 Å². The van der Waals surface area contributed by atoms with E-state index in [-0.39, 0.29) is 19.4 Å². The summed E-state index contributed by atoms with van der Waals surface area (Å²) in [6.07, 6.45) is -1.24. The van der Waals surface area contributed by atoms with Gasteiger partial charge >= 0.3 is 17.9 Å². The van der Waals surface area contributed by atoms with Crippen LogP contribution in [0.25, 0.3) is 0 Å². The van der Waals surface area contributed by atoms with Gasteiger partial charge in [-0.15, -0.1) is 11.6 Å². The zero-order valence-corrected chi connectivity index (χ0v) is 23.5. The third kappa shape index (κ3) is 6.91. The lowest BCUT2D eigenvalue weighted by atomic mass is 9.80. The minimum absolute atomic E-state index is 0.0459. The highest BCUT2D eigenvalue weighted by molar-refractivity contribution is 6.34. The van der Waals surface area contributed by atoms with Crippen molar-refractivity contribution in [3.63, 3.8) is 0 Å². The summed E-state index contributed by atoms with van der Waals surface area (Å²) >= 11 is 6.79. The van der Waals surface area contributed by atoms with Gasteiger partial charge in [-0.05, 0) is 65.2 Å². The molecule has 1 fully saturated rings. The van der Waals surface area contributed by atoms with Crippen LogP contribution in [-0.2, 0) is 38.9 Å². The molecule has 36 heavy (non-hydrogen) atoms. The molecule has 1 aromatic carbocycles. The Labute approximate surface area is 218 Å². The quantitative estimate of drug-likeness (QED) is 0.169. The predicted molar refractivity (Wildman–Crippen MR) is 135 cm³/mol. The zero-order chi connectivity index (χ0) is 27.5. The second kappa shape index (κ2) is 11.0. The van der Waals surface area contributed by atoms with E-state index < -0.39 is 51.6 Å². The molecule has 0 aromatic heterocycles. The summed E-state index contributed by atoms with van der Waals surface area (Å²) in [7, 11) is 1.55. The van der Waals surface area contributed by atoms with Gasteiger partial charge in [-0.25, -0.2) is 4.79 Å². The van der Waals surface area contributed by atoms with Gasteiger partial charge in [-0.2, -0.15) is 0 Å². The first kappa shape index (κ1) is 29.9. The number of cyclic esters (lactones) is 1. The summed E-state index contributed by atoms with van der Waals surface area (Å²) in [6, 6.07) is 7.14. The zero-order valence-electron chi connectivity index (χ0n) is 22.7. The van der Waals surface area contributed by atoms with E-state index in [0.717, 1.165) is 5.56 Å². The summed E-state index contributed by atoms with van der Waals surface area (Å²) in [4.78, 5) is 36.9. The van der Waals surface area contributed by atoms with Crippen LogP contribution in [0.3, 0.4) is 0 Å². The minimum Gasteiger partial charge on any atom is -0.465 e. The van der Waals surface area contributed by atoms with Gasteiger partial charge in [-0.1, -0.05) is 32.9 Å². The number of alkyl halides is 1. The molecule has 8 nitrogen and oxygen atoms in total. The van der Waals surface area contributed by atoms with Crippen LogP contribution in [0.4, 0.5) is 0 Å². The van der Waals surface area contributed by atoms with E-state index in [0.29, 0.717) is 5.75 Å². The number of benzene rings is 1. The van der Waals surface area contributed by atoms with Gasteiger partial charge in [-0.3, -0.25) is 9.59 Å². The third-order valence-corrected chi connectivity index (χ3v) is 7.02. The molecule has 0 bridgehead atoms. The standard InChI is InChI=1S/C27H39ClO8/c1-10-27(28,15-24(3,4)22(30)35-20-21(29)33-16-25(20,5)6)23(31)36-26(7,8)18-11-13-19(14-12-18)34-17(2)32-9/h11-14,17,20H,10,15-16H2,1-9H3. The number of rotatable bonds is 11. The minimum atomic E-state index is -1.48. The average molecular weight is 527 g/mol. The Morgan fingerprint density at radius 1 is 1.14 bits per heavy atom. The van der Waals surface area contributed by atoms with Gasteiger partial charge in [0.25, 0.3) is 0 Å². The Morgan fingerprint density at radius 2 is 1.72 bits per heavy atom. The van der Waals surface area contributed by atoms with Crippen molar-refractivity contribution in [2.75, 3.05) is 13.7 Å². The van der Waals surface area contributed by atoms with Crippen LogP contribution in [-0.4, -0.2) is 48.9 Å². The first-order chi connectivity index (χ1) is 16.5. The number of hydrogen-bond acceptors (Lipinski definition) is 8. The number of ether oxygens (including phenoxy) is 5. The second-order valence-electron chi connectivity index (χ2n) is 11.1. The van der Waals surface area contributed by atoms with Crippen molar-refractivity contribution in [1.82, 2.24) is 0 Å². The molecule has 1 aromatic rings. The Balaban J connectivity index is 2.13. The van der Waals surface area contributed by atoms with Gasteiger partial charge in [0.05, 0.1) is 5.41 Å². The molecule has 0 amide bonds. The van der Waals surface area contributed by atoms with Crippen molar-refractivity contribution in [3.05, 3.63) is 29.8 Å². The molecule has 2 rings (SSSR count).